The fourth-order valence-electron chi connectivity index (χ4n) is 5.93. The zero-order chi connectivity index (χ0) is 27.8. The van der Waals surface area contributed by atoms with Gasteiger partial charge in [-0.2, -0.15) is 0 Å². The molecule has 7 heteroatoms. The number of anilines is 2. The Morgan fingerprint density at radius 1 is 1.13 bits per heavy atom. The molecule has 0 aliphatic carbocycles. The molecule has 0 saturated heterocycles. The van der Waals surface area contributed by atoms with Gasteiger partial charge in [-0.25, -0.2) is 0 Å². The molecule has 0 unspecified atom stereocenters. The maximum atomic E-state index is 12.4. The smallest absolute Gasteiger partial charge is 0.307 e. The van der Waals surface area contributed by atoms with Crippen LogP contribution in [-0.4, -0.2) is 47.8 Å². The summed E-state index contributed by atoms with van der Waals surface area (Å²) in [5.41, 5.74) is 12.3. The number of carbonyl (C=O) groups is 1. The number of nitrogens with one attached hydrogen (secondary N) is 1. The van der Waals surface area contributed by atoms with Crippen molar-refractivity contribution in [3.63, 3.8) is 0 Å². The molecule has 0 fully saturated rings. The first kappa shape index (κ1) is 27.0. The van der Waals surface area contributed by atoms with Crippen LogP contribution in [0.4, 0.5) is 11.4 Å². The summed E-state index contributed by atoms with van der Waals surface area (Å²) in [6, 6.07) is 19.0. The number of carboxylic acids is 1. The van der Waals surface area contributed by atoms with Crippen LogP contribution in [-0.2, 0) is 17.9 Å². The molecule has 3 atom stereocenters. The largest absolute Gasteiger partial charge is 0.489 e. The van der Waals surface area contributed by atoms with Gasteiger partial charge in [-0.15, -0.1) is 5.12 Å². The zero-order valence-electron chi connectivity index (χ0n) is 23.9. The van der Waals surface area contributed by atoms with E-state index in [-0.39, 0.29) is 12.0 Å². The Bertz CT molecular complexity index is 1370. The maximum Gasteiger partial charge on any atom is 0.307 e. The van der Waals surface area contributed by atoms with Gasteiger partial charge in [-0.05, 0) is 60.2 Å². The second-order valence-corrected chi connectivity index (χ2v) is 11.0. The molecule has 2 N–H and O–H groups in total. The molecule has 2 aliphatic heterocycles. The SMILES string of the molecule is CC[C@@H]1CN(Cc2cc([C@@H](c3ccc4c(c3C)NN(C)N4C)[C@@H](C)C(=O)O)ccc2C)Cc2ccccc2O1. The Balaban J connectivity index is 1.51. The lowest BCUT2D eigenvalue weighted by atomic mass is 9.78. The van der Waals surface area contributed by atoms with Crippen LogP contribution in [0.5, 0.6) is 5.75 Å². The molecule has 0 amide bonds. The average Bonchev–Trinajstić information content (AvgIpc) is 3.09. The second-order valence-electron chi connectivity index (χ2n) is 11.0. The van der Waals surface area contributed by atoms with Crippen molar-refractivity contribution < 1.29 is 14.6 Å². The van der Waals surface area contributed by atoms with Gasteiger partial charge in [0.2, 0.25) is 0 Å². The minimum Gasteiger partial charge on any atom is -0.489 e. The molecular weight excluding hydrogens is 488 g/mol. The average molecular weight is 529 g/mol. The standard InChI is InChI=1S/C32H40N4O3/c1-7-26-19-36(17-24-10-8-9-11-29(24)39-26)18-25-16-23(13-12-20(25)2)30(22(4)32(37)38)27-14-15-28-31(21(27)3)33-35(6)34(28)5/h8-16,22,26,30,33H,7,17-19H2,1-6H3,(H,37,38)/t22-,26-,30+/m1/s1. The van der Waals surface area contributed by atoms with Gasteiger partial charge in [0, 0.05) is 45.2 Å². The van der Waals surface area contributed by atoms with E-state index < -0.39 is 11.9 Å². The van der Waals surface area contributed by atoms with Crippen molar-refractivity contribution in [2.45, 2.75) is 59.2 Å². The van der Waals surface area contributed by atoms with Crippen molar-refractivity contribution >= 4 is 17.3 Å². The van der Waals surface area contributed by atoms with Gasteiger partial charge < -0.3 is 9.84 Å². The molecule has 0 bridgehead atoms. The van der Waals surface area contributed by atoms with Gasteiger partial charge in [0.15, 0.2) is 0 Å². The monoisotopic (exact) mass is 528 g/mol. The van der Waals surface area contributed by atoms with Crippen LogP contribution in [0.15, 0.2) is 54.6 Å². The lowest BCUT2D eigenvalue weighted by Crippen LogP contribution is -2.34. The number of aryl methyl sites for hydroxylation is 1. The number of carboxylic acid groups (broad SMARTS) is 1. The third-order valence-corrected chi connectivity index (χ3v) is 8.49. The number of hydrazine groups is 2. The molecule has 206 valence electrons. The van der Waals surface area contributed by atoms with E-state index in [0.717, 1.165) is 59.9 Å². The molecule has 0 aromatic heterocycles. The molecular formula is C32H40N4O3. The van der Waals surface area contributed by atoms with Crippen LogP contribution >= 0.6 is 0 Å². The number of hydrogen-bond donors (Lipinski definition) is 2. The number of nitrogens with zero attached hydrogens (tertiary/aromatic N) is 3. The molecule has 0 saturated carbocycles. The number of hydrogen-bond acceptors (Lipinski definition) is 6. The third-order valence-electron chi connectivity index (χ3n) is 8.49. The maximum absolute atomic E-state index is 12.4. The predicted octanol–water partition coefficient (Wildman–Crippen LogP) is 5.95. The van der Waals surface area contributed by atoms with Gasteiger partial charge in [-0.3, -0.25) is 20.1 Å². The van der Waals surface area contributed by atoms with E-state index in [0.29, 0.717) is 0 Å². The minimum atomic E-state index is -0.795. The Hall–Kier alpha value is -3.55. The predicted molar refractivity (Wildman–Crippen MR) is 156 cm³/mol. The van der Waals surface area contributed by atoms with E-state index in [2.05, 4.69) is 84.6 Å². The van der Waals surface area contributed by atoms with E-state index in [4.69, 9.17) is 4.74 Å². The highest BCUT2D eigenvalue weighted by Gasteiger charge is 2.32. The quantitative estimate of drug-likeness (QED) is 0.393. The van der Waals surface area contributed by atoms with Crippen LogP contribution in [0.3, 0.4) is 0 Å². The Morgan fingerprint density at radius 2 is 1.90 bits per heavy atom. The summed E-state index contributed by atoms with van der Waals surface area (Å²) >= 11 is 0. The summed E-state index contributed by atoms with van der Waals surface area (Å²) in [5.74, 6) is -0.681. The number of aliphatic carboxylic acids is 1. The molecule has 3 aromatic carbocycles. The van der Waals surface area contributed by atoms with Crippen molar-refractivity contribution in [2.24, 2.45) is 5.92 Å². The molecule has 2 heterocycles. The van der Waals surface area contributed by atoms with Crippen molar-refractivity contribution in [3.05, 3.63) is 88.0 Å². The summed E-state index contributed by atoms with van der Waals surface area (Å²) in [6.07, 6.45) is 1.08. The van der Waals surface area contributed by atoms with Gasteiger partial charge in [0.25, 0.3) is 0 Å². The number of ether oxygens (including phenoxy) is 1. The molecule has 3 aromatic rings. The zero-order valence-corrected chi connectivity index (χ0v) is 23.9. The summed E-state index contributed by atoms with van der Waals surface area (Å²) in [5, 5.41) is 14.1. The molecule has 7 nitrogen and oxygen atoms in total. The van der Waals surface area contributed by atoms with Crippen LogP contribution in [0, 0.1) is 19.8 Å². The Kier molecular flexibility index (Phi) is 7.56. The lowest BCUT2D eigenvalue weighted by Gasteiger charge is -2.27. The van der Waals surface area contributed by atoms with Gasteiger partial charge >= 0.3 is 5.97 Å². The molecule has 2 aliphatic rings. The highest BCUT2D eigenvalue weighted by Crippen LogP contribution is 2.43. The van der Waals surface area contributed by atoms with E-state index in [1.807, 2.05) is 32.2 Å². The fourth-order valence-corrected chi connectivity index (χ4v) is 5.93. The summed E-state index contributed by atoms with van der Waals surface area (Å²) in [4.78, 5) is 14.8. The third kappa shape index (κ3) is 5.21. The summed E-state index contributed by atoms with van der Waals surface area (Å²) < 4.78 is 6.33. The summed E-state index contributed by atoms with van der Waals surface area (Å²) in [6.45, 7) is 10.7. The van der Waals surface area contributed by atoms with Crippen molar-refractivity contribution in [1.29, 1.82) is 0 Å². The van der Waals surface area contributed by atoms with E-state index in [1.54, 1.807) is 0 Å². The first-order valence-corrected chi connectivity index (χ1v) is 13.8. The van der Waals surface area contributed by atoms with Crippen LogP contribution in [0.2, 0.25) is 0 Å². The molecule has 0 radical (unpaired) electrons. The fraction of sp³-hybridized carbons (Fsp3) is 0.406. The van der Waals surface area contributed by atoms with Crippen LogP contribution < -0.4 is 15.2 Å². The van der Waals surface area contributed by atoms with Gasteiger partial charge in [-0.1, -0.05) is 56.3 Å². The Labute approximate surface area is 231 Å². The Morgan fingerprint density at radius 3 is 2.64 bits per heavy atom. The lowest BCUT2D eigenvalue weighted by molar-refractivity contribution is -0.141. The van der Waals surface area contributed by atoms with Crippen molar-refractivity contribution in [1.82, 2.24) is 10.0 Å². The number of benzene rings is 3. The second kappa shape index (κ2) is 10.9. The number of rotatable bonds is 7. The normalized spacial score (nSPS) is 18.9. The molecule has 5 rings (SSSR count). The van der Waals surface area contributed by atoms with Crippen LogP contribution in [0.25, 0.3) is 0 Å². The van der Waals surface area contributed by atoms with E-state index in [1.165, 1.54) is 16.7 Å². The highest BCUT2D eigenvalue weighted by atomic mass is 16.5. The van der Waals surface area contributed by atoms with E-state index >= 15 is 0 Å². The number of fused-ring (bicyclic) bond motifs is 2. The minimum absolute atomic E-state index is 0.134. The highest BCUT2D eigenvalue weighted by molar-refractivity contribution is 5.79. The van der Waals surface area contributed by atoms with Crippen LogP contribution in [0.1, 0.15) is 59.6 Å². The summed E-state index contributed by atoms with van der Waals surface area (Å²) in [7, 11) is 3.98. The first-order chi connectivity index (χ1) is 18.7. The van der Waals surface area contributed by atoms with Gasteiger partial charge in [0.1, 0.15) is 11.9 Å². The molecule has 39 heavy (non-hydrogen) atoms. The van der Waals surface area contributed by atoms with Crippen molar-refractivity contribution in [2.75, 3.05) is 31.1 Å². The molecule has 0 spiro atoms. The van der Waals surface area contributed by atoms with Crippen molar-refractivity contribution in [3.8, 4) is 5.75 Å². The first-order valence-electron chi connectivity index (χ1n) is 13.8. The van der Waals surface area contributed by atoms with E-state index in [9.17, 15) is 9.90 Å². The number of para-hydroxylation sites is 1. The topological polar surface area (TPSA) is 68.3 Å². The van der Waals surface area contributed by atoms with Gasteiger partial charge in [0.05, 0.1) is 17.3 Å².